The SMILES string of the molecule is CCOc1cc(/C=C2\C(=N)N3N=C(C(F)(F)F)SC3=NC2=O)ccc1OCCOc1ccc(C)cc1C. The summed E-state index contributed by atoms with van der Waals surface area (Å²) in [4.78, 5) is 16.2. The van der Waals surface area contributed by atoms with Crippen molar-refractivity contribution in [1.29, 1.82) is 5.41 Å². The number of nitrogens with one attached hydrogen (secondary N) is 1. The van der Waals surface area contributed by atoms with Crippen LogP contribution >= 0.6 is 11.8 Å². The van der Waals surface area contributed by atoms with E-state index < -0.39 is 23.0 Å². The molecule has 2 aromatic rings. The van der Waals surface area contributed by atoms with E-state index in [0.717, 1.165) is 16.9 Å². The van der Waals surface area contributed by atoms with Gasteiger partial charge in [-0.3, -0.25) is 10.2 Å². The fourth-order valence-electron chi connectivity index (χ4n) is 3.54. The number of carbonyl (C=O) groups is 1. The standard InChI is InChI=1S/C25H23F3N4O4S/c1-4-34-20-13-16(6-8-19(20)36-10-9-35-18-7-5-14(2)11-15(18)3)12-17-21(29)32-24(30-22(17)33)37-23(31-32)25(26,27)28/h5-8,11-13,29H,4,9-10H2,1-3H3/b17-12+,29-21?. The number of hydrogen-bond donors (Lipinski definition) is 1. The number of hydrogen-bond acceptors (Lipinski definition) is 7. The molecule has 2 aromatic carbocycles. The quantitative estimate of drug-likeness (QED) is 0.364. The topological polar surface area (TPSA) is 96.6 Å². The Morgan fingerprint density at radius 3 is 2.41 bits per heavy atom. The van der Waals surface area contributed by atoms with Gasteiger partial charge < -0.3 is 14.2 Å². The molecule has 4 rings (SSSR count). The van der Waals surface area contributed by atoms with Crippen molar-refractivity contribution >= 4 is 39.8 Å². The Kier molecular flexibility index (Phi) is 7.58. The number of benzene rings is 2. The van der Waals surface area contributed by atoms with E-state index in [1.54, 1.807) is 25.1 Å². The highest BCUT2D eigenvalue weighted by molar-refractivity contribution is 8.27. The molecule has 0 radical (unpaired) electrons. The lowest BCUT2D eigenvalue weighted by atomic mass is 10.1. The molecule has 2 aliphatic rings. The minimum atomic E-state index is -4.70. The zero-order chi connectivity index (χ0) is 26.7. The molecule has 1 N–H and O–H groups in total. The smallest absolute Gasteiger partial charge is 0.441 e. The second-order valence-corrected chi connectivity index (χ2v) is 8.98. The Morgan fingerprint density at radius 1 is 1.03 bits per heavy atom. The summed E-state index contributed by atoms with van der Waals surface area (Å²) in [6, 6.07) is 10.8. The van der Waals surface area contributed by atoms with Crippen LogP contribution < -0.4 is 14.2 Å². The Morgan fingerprint density at radius 2 is 1.73 bits per heavy atom. The predicted molar refractivity (Wildman–Crippen MR) is 136 cm³/mol. The van der Waals surface area contributed by atoms with Gasteiger partial charge in [0.25, 0.3) is 5.91 Å². The van der Waals surface area contributed by atoms with Crippen LogP contribution in [-0.2, 0) is 4.79 Å². The van der Waals surface area contributed by atoms with Crippen LogP contribution in [0.5, 0.6) is 17.2 Å². The van der Waals surface area contributed by atoms with Gasteiger partial charge in [0.05, 0.1) is 12.2 Å². The highest BCUT2D eigenvalue weighted by atomic mass is 32.2. The molecule has 2 aliphatic heterocycles. The van der Waals surface area contributed by atoms with Gasteiger partial charge in [-0.15, -0.1) is 0 Å². The van der Waals surface area contributed by atoms with Gasteiger partial charge in [-0.05, 0) is 67.9 Å². The van der Waals surface area contributed by atoms with Crippen molar-refractivity contribution in [2.45, 2.75) is 26.9 Å². The molecule has 0 aliphatic carbocycles. The van der Waals surface area contributed by atoms with Gasteiger partial charge in [-0.25, -0.2) is 0 Å². The van der Waals surface area contributed by atoms with E-state index in [4.69, 9.17) is 19.6 Å². The van der Waals surface area contributed by atoms with Crippen LogP contribution in [0.4, 0.5) is 13.2 Å². The third-order valence-corrected chi connectivity index (χ3v) is 6.16. The first kappa shape index (κ1) is 26.3. The molecule has 37 heavy (non-hydrogen) atoms. The van der Waals surface area contributed by atoms with Gasteiger partial charge in [0, 0.05) is 0 Å². The van der Waals surface area contributed by atoms with Crippen molar-refractivity contribution in [2.24, 2.45) is 10.1 Å². The third-order valence-electron chi connectivity index (χ3n) is 5.20. The number of amidine groups is 2. The van der Waals surface area contributed by atoms with Gasteiger partial charge in [-0.2, -0.15) is 28.3 Å². The largest absolute Gasteiger partial charge is 0.490 e. The van der Waals surface area contributed by atoms with Crippen LogP contribution in [0.1, 0.15) is 23.6 Å². The van der Waals surface area contributed by atoms with E-state index in [1.807, 2.05) is 32.0 Å². The molecule has 1 amide bonds. The first-order valence-corrected chi connectivity index (χ1v) is 12.1. The first-order valence-electron chi connectivity index (χ1n) is 11.2. The van der Waals surface area contributed by atoms with E-state index in [-0.39, 0.29) is 29.1 Å². The van der Waals surface area contributed by atoms with Crippen molar-refractivity contribution in [3.63, 3.8) is 0 Å². The van der Waals surface area contributed by atoms with E-state index in [9.17, 15) is 18.0 Å². The lowest BCUT2D eigenvalue weighted by Gasteiger charge is -2.20. The highest BCUT2D eigenvalue weighted by Crippen LogP contribution is 2.36. The molecule has 8 nitrogen and oxygen atoms in total. The average Bonchev–Trinajstić information content (AvgIpc) is 3.27. The Balaban J connectivity index is 1.48. The van der Waals surface area contributed by atoms with Crippen LogP contribution in [0.3, 0.4) is 0 Å². The molecule has 0 saturated carbocycles. The van der Waals surface area contributed by atoms with Gasteiger partial charge in [-0.1, -0.05) is 23.8 Å². The molecular formula is C25H23F3N4O4S. The lowest BCUT2D eigenvalue weighted by molar-refractivity contribution is -0.114. The molecule has 2 heterocycles. The first-order chi connectivity index (χ1) is 17.6. The molecule has 0 spiro atoms. The van der Waals surface area contributed by atoms with Gasteiger partial charge in [0.2, 0.25) is 10.2 Å². The Labute approximate surface area is 215 Å². The number of thioether (sulfide) groups is 1. The summed E-state index contributed by atoms with van der Waals surface area (Å²) in [7, 11) is 0. The van der Waals surface area contributed by atoms with E-state index in [0.29, 0.717) is 35.3 Å². The molecule has 0 saturated heterocycles. The predicted octanol–water partition coefficient (Wildman–Crippen LogP) is 5.34. The highest BCUT2D eigenvalue weighted by Gasteiger charge is 2.46. The average molecular weight is 533 g/mol. The van der Waals surface area contributed by atoms with Crippen LogP contribution in [0.2, 0.25) is 0 Å². The fraction of sp³-hybridized carbons (Fsp3) is 0.280. The minimum absolute atomic E-state index is 0.200. The van der Waals surface area contributed by atoms with Crippen molar-refractivity contribution in [1.82, 2.24) is 5.01 Å². The number of carbonyl (C=O) groups excluding carboxylic acids is 1. The number of rotatable bonds is 8. The molecule has 0 fully saturated rings. The number of fused-ring (bicyclic) bond motifs is 1. The normalized spacial score (nSPS) is 16.5. The second-order valence-electron chi connectivity index (χ2n) is 8.03. The number of aryl methyl sites for hydroxylation is 2. The molecular weight excluding hydrogens is 509 g/mol. The van der Waals surface area contributed by atoms with Crippen molar-refractivity contribution < 1.29 is 32.2 Å². The summed E-state index contributed by atoms with van der Waals surface area (Å²) in [6.45, 7) is 6.68. The van der Waals surface area contributed by atoms with E-state index in [2.05, 4.69) is 10.1 Å². The molecule has 0 unspecified atom stereocenters. The van der Waals surface area contributed by atoms with E-state index >= 15 is 0 Å². The van der Waals surface area contributed by atoms with Crippen LogP contribution in [-0.4, -0.2) is 53.0 Å². The zero-order valence-corrected chi connectivity index (χ0v) is 21.0. The number of nitrogens with zero attached hydrogens (tertiary/aromatic N) is 3. The maximum atomic E-state index is 13.0. The van der Waals surface area contributed by atoms with Gasteiger partial charge >= 0.3 is 6.18 Å². The summed E-state index contributed by atoms with van der Waals surface area (Å²) in [6.07, 6.45) is -3.35. The van der Waals surface area contributed by atoms with Crippen molar-refractivity contribution in [2.75, 3.05) is 19.8 Å². The summed E-state index contributed by atoms with van der Waals surface area (Å²) >= 11 is 0.203. The number of alkyl halides is 3. The number of halogens is 3. The number of ether oxygens (including phenoxy) is 3. The van der Waals surface area contributed by atoms with Crippen LogP contribution in [0.25, 0.3) is 6.08 Å². The van der Waals surface area contributed by atoms with Crippen LogP contribution in [0.15, 0.2) is 52.1 Å². The molecule has 194 valence electrons. The van der Waals surface area contributed by atoms with Crippen molar-refractivity contribution in [3.8, 4) is 17.2 Å². The fourth-order valence-corrected chi connectivity index (χ4v) is 4.30. The van der Waals surface area contributed by atoms with E-state index in [1.165, 1.54) is 6.08 Å². The molecule has 0 aromatic heterocycles. The second kappa shape index (κ2) is 10.7. The third kappa shape index (κ3) is 5.96. The summed E-state index contributed by atoms with van der Waals surface area (Å²) < 4.78 is 56.3. The molecule has 12 heteroatoms. The monoisotopic (exact) mass is 532 g/mol. The number of aliphatic imine (C=N–C) groups is 1. The number of amides is 1. The lowest BCUT2D eigenvalue weighted by Crippen LogP contribution is -2.35. The zero-order valence-electron chi connectivity index (χ0n) is 20.2. The maximum Gasteiger partial charge on any atom is 0.441 e. The van der Waals surface area contributed by atoms with Gasteiger partial charge in [0.1, 0.15) is 19.0 Å². The van der Waals surface area contributed by atoms with Crippen molar-refractivity contribution in [3.05, 3.63) is 58.7 Å². The summed E-state index contributed by atoms with van der Waals surface area (Å²) in [5, 5.41) is 10.9. The van der Waals surface area contributed by atoms with Gasteiger partial charge in [0.15, 0.2) is 17.3 Å². The minimum Gasteiger partial charge on any atom is -0.490 e. The Hall–Kier alpha value is -3.80. The van der Waals surface area contributed by atoms with Crippen LogP contribution in [0, 0.1) is 19.3 Å². The molecule has 0 bridgehead atoms. The number of hydrazone groups is 1. The summed E-state index contributed by atoms with van der Waals surface area (Å²) in [5.74, 6) is 0.299. The maximum absolute atomic E-state index is 13.0. The summed E-state index contributed by atoms with van der Waals surface area (Å²) in [5.41, 5.74) is 2.45. The molecule has 0 atom stereocenters. The Bertz CT molecular complexity index is 1340.